The van der Waals surface area contributed by atoms with Gasteiger partial charge in [0.1, 0.15) is 5.75 Å². The highest BCUT2D eigenvalue weighted by Crippen LogP contribution is 2.30. The van der Waals surface area contributed by atoms with Crippen LogP contribution < -0.4 is 4.74 Å². The van der Waals surface area contributed by atoms with Crippen molar-refractivity contribution in [3.05, 3.63) is 54.1 Å². The van der Waals surface area contributed by atoms with Crippen LogP contribution in [0.4, 0.5) is 0 Å². The van der Waals surface area contributed by atoms with Gasteiger partial charge in [0.05, 0.1) is 13.7 Å². The summed E-state index contributed by atoms with van der Waals surface area (Å²) in [5, 5.41) is 0. The summed E-state index contributed by atoms with van der Waals surface area (Å²) in [4.78, 5) is 13.7. The molecule has 2 aromatic rings. The number of hydrogen-bond donors (Lipinski definition) is 0. The van der Waals surface area contributed by atoms with E-state index in [1.165, 1.54) is 0 Å². The van der Waals surface area contributed by atoms with E-state index in [2.05, 4.69) is 4.99 Å². The monoisotopic (exact) mass is 239 g/mol. The van der Waals surface area contributed by atoms with Gasteiger partial charge in [0.15, 0.2) is 0 Å². The Hall–Kier alpha value is -2.38. The molecule has 0 N–H and O–H groups in total. The minimum absolute atomic E-state index is 0.341. The molecule has 0 heterocycles. The van der Waals surface area contributed by atoms with E-state index in [1.54, 1.807) is 13.2 Å². The second-order valence-corrected chi connectivity index (χ2v) is 3.81. The van der Waals surface area contributed by atoms with E-state index in [0.717, 1.165) is 22.4 Å². The Labute approximate surface area is 106 Å². The van der Waals surface area contributed by atoms with E-state index < -0.39 is 0 Å². The molecule has 0 fully saturated rings. The summed E-state index contributed by atoms with van der Waals surface area (Å²) in [6, 6.07) is 15.7. The van der Waals surface area contributed by atoms with Gasteiger partial charge in [-0.25, -0.2) is 9.79 Å². The predicted octanol–water partition coefficient (Wildman–Crippen LogP) is 3.20. The van der Waals surface area contributed by atoms with Crippen molar-refractivity contribution >= 4 is 6.08 Å². The van der Waals surface area contributed by atoms with E-state index in [-0.39, 0.29) is 0 Å². The molecule has 0 aromatic heterocycles. The van der Waals surface area contributed by atoms with Gasteiger partial charge >= 0.3 is 0 Å². The first-order chi connectivity index (χ1) is 8.85. The molecule has 0 saturated heterocycles. The third-order valence-corrected chi connectivity index (χ3v) is 2.67. The molecule has 0 aliphatic heterocycles. The Morgan fingerprint density at radius 2 is 1.94 bits per heavy atom. The molecule has 0 aliphatic carbocycles. The fraction of sp³-hybridized carbons (Fsp3) is 0.133. The van der Waals surface area contributed by atoms with E-state index >= 15 is 0 Å². The molecule has 18 heavy (non-hydrogen) atoms. The minimum atomic E-state index is 0.341. The van der Waals surface area contributed by atoms with Gasteiger partial charge in [0.2, 0.25) is 6.08 Å². The van der Waals surface area contributed by atoms with Crippen molar-refractivity contribution in [1.29, 1.82) is 0 Å². The number of isocyanates is 1. The summed E-state index contributed by atoms with van der Waals surface area (Å²) in [6.45, 7) is 0.341. The maximum atomic E-state index is 10.1. The van der Waals surface area contributed by atoms with Crippen molar-refractivity contribution in [2.24, 2.45) is 4.99 Å². The second-order valence-electron chi connectivity index (χ2n) is 3.81. The van der Waals surface area contributed by atoms with Crippen LogP contribution in [0.3, 0.4) is 0 Å². The molecule has 3 nitrogen and oxygen atoms in total. The lowest BCUT2D eigenvalue weighted by molar-refractivity contribution is 0.416. The van der Waals surface area contributed by atoms with Gasteiger partial charge in [-0.1, -0.05) is 36.4 Å². The van der Waals surface area contributed by atoms with E-state index in [0.29, 0.717) is 6.54 Å². The molecular formula is C15H13NO2. The van der Waals surface area contributed by atoms with Crippen molar-refractivity contribution in [1.82, 2.24) is 0 Å². The zero-order valence-electron chi connectivity index (χ0n) is 10.1. The van der Waals surface area contributed by atoms with Crippen LogP contribution in [0.5, 0.6) is 5.75 Å². The smallest absolute Gasteiger partial charge is 0.235 e. The SMILES string of the molecule is COc1ccc(CN=C=O)cc1-c1ccccc1. The number of hydrogen-bond acceptors (Lipinski definition) is 3. The minimum Gasteiger partial charge on any atom is -0.496 e. The predicted molar refractivity (Wildman–Crippen MR) is 70.3 cm³/mol. The lowest BCUT2D eigenvalue weighted by atomic mass is 10.0. The van der Waals surface area contributed by atoms with Crippen molar-refractivity contribution in [3.8, 4) is 16.9 Å². The third-order valence-electron chi connectivity index (χ3n) is 2.67. The van der Waals surface area contributed by atoms with Gasteiger partial charge in [0.25, 0.3) is 0 Å². The standard InChI is InChI=1S/C15H13NO2/c1-18-15-8-7-12(10-16-11-17)9-14(15)13-5-3-2-4-6-13/h2-9H,10H2,1H3. The Morgan fingerprint density at radius 1 is 1.17 bits per heavy atom. The average Bonchev–Trinajstić information content (AvgIpc) is 2.45. The van der Waals surface area contributed by atoms with Crippen LogP contribution in [0.25, 0.3) is 11.1 Å². The number of methoxy groups -OCH3 is 1. The summed E-state index contributed by atoms with van der Waals surface area (Å²) in [5.41, 5.74) is 3.03. The highest BCUT2D eigenvalue weighted by Gasteiger charge is 2.06. The van der Waals surface area contributed by atoms with Crippen LogP contribution >= 0.6 is 0 Å². The molecule has 0 saturated carbocycles. The second kappa shape index (κ2) is 5.80. The van der Waals surface area contributed by atoms with Crippen molar-refractivity contribution in [3.63, 3.8) is 0 Å². The van der Waals surface area contributed by atoms with Crippen molar-refractivity contribution < 1.29 is 9.53 Å². The largest absolute Gasteiger partial charge is 0.496 e. The fourth-order valence-corrected chi connectivity index (χ4v) is 1.82. The zero-order valence-corrected chi connectivity index (χ0v) is 10.1. The molecule has 0 spiro atoms. The fourth-order valence-electron chi connectivity index (χ4n) is 1.82. The molecule has 0 unspecified atom stereocenters. The van der Waals surface area contributed by atoms with Gasteiger partial charge in [-0.3, -0.25) is 0 Å². The molecule has 0 amide bonds. The number of ether oxygens (including phenoxy) is 1. The number of rotatable bonds is 4. The summed E-state index contributed by atoms with van der Waals surface area (Å²) in [7, 11) is 1.64. The highest BCUT2D eigenvalue weighted by atomic mass is 16.5. The van der Waals surface area contributed by atoms with Crippen LogP contribution in [-0.2, 0) is 11.3 Å². The van der Waals surface area contributed by atoms with Crippen molar-refractivity contribution in [2.75, 3.05) is 7.11 Å². The Bertz CT molecular complexity index is 572. The first-order valence-electron chi connectivity index (χ1n) is 5.61. The number of carbonyl (C=O) groups excluding carboxylic acids is 1. The van der Waals surface area contributed by atoms with E-state index in [9.17, 15) is 4.79 Å². The first-order valence-corrected chi connectivity index (χ1v) is 5.61. The van der Waals surface area contributed by atoms with Crippen LogP contribution in [0.15, 0.2) is 53.5 Å². The van der Waals surface area contributed by atoms with Crippen LogP contribution in [0, 0.1) is 0 Å². The van der Waals surface area contributed by atoms with Crippen LogP contribution in [0.2, 0.25) is 0 Å². The first kappa shape index (κ1) is 12.1. The average molecular weight is 239 g/mol. The summed E-state index contributed by atoms with van der Waals surface area (Å²) >= 11 is 0. The van der Waals surface area contributed by atoms with Crippen LogP contribution in [0.1, 0.15) is 5.56 Å². The number of nitrogens with zero attached hydrogens (tertiary/aromatic N) is 1. The zero-order chi connectivity index (χ0) is 12.8. The normalized spacial score (nSPS) is 9.61. The lowest BCUT2D eigenvalue weighted by Crippen LogP contribution is -1.90. The molecule has 0 aliphatic rings. The van der Waals surface area contributed by atoms with Gasteiger partial charge < -0.3 is 4.74 Å². The number of benzene rings is 2. The molecule has 3 heteroatoms. The topological polar surface area (TPSA) is 38.7 Å². The maximum Gasteiger partial charge on any atom is 0.235 e. The van der Waals surface area contributed by atoms with Crippen molar-refractivity contribution in [2.45, 2.75) is 6.54 Å². The molecule has 0 radical (unpaired) electrons. The third kappa shape index (κ3) is 2.65. The molecule has 0 atom stereocenters. The van der Waals surface area contributed by atoms with Gasteiger partial charge in [-0.05, 0) is 23.3 Å². The number of aliphatic imine (C=N–C) groups is 1. The summed E-state index contributed by atoms with van der Waals surface area (Å²) < 4.78 is 5.35. The molecule has 2 rings (SSSR count). The molecule has 2 aromatic carbocycles. The van der Waals surface area contributed by atoms with Crippen LogP contribution in [-0.4, -0.2) is 13.2 Å². The molecule has 90 valence electrons. The highest BCUT2D eigenvalue weighted by molar-refractivity contribution is 5.71. The molecular weight excluding hydrogens is 226 g/mol. The quantitative estimate of drug-likeness (QED) is 0.607. The summed E-state index contributed by atoms with van der Waals surface area (Å²) in [5.74, 6) is 0.806. The Kier molecular flexibility index (Phi) is 3.90. The van der Waals surface area contributed by atoms with Gasteiger partial charge in [0, 0.05) is 5.56 Å². The maximum absolute atomic E-state index is 10.1. The Morgan fingerprint density at radius 3 is 2.61 bits per heavy atom. The van der Waals surface area contributed by atoms with Gasteiger partial charge in [-0.15, -0.1) is 0 Å². The van der Waals surface area contributed by atoms with E-state index in [4.69, 9.17) is 4.74 Å². The van der Waals surface area contributed by atoms with Gasteiger partial charge in [-0.2, -0.15) is 0 Å². The molecule has 0 bridgehead atoms. The Balaban J connectivity index is 2.46. The van der Waals surface area contributed by atoms with E-state index in [1.807, 2.05) is 48.5 Å². The summed E-state index contributed by atoms with van der Waals surface area (Å²) in [6.07, 6.45) is 1.55. The lowest BCUT2D eigenvalue weighted by Gasteiger charge is -2.10.